The Hall–Kier alpha value is -1.96. The molecule has 0 saturated carbocycles. The highest BCUT2D eigenvalue weighted by molar-refractivity contribution is 5.94. The third-order valence-corrected chi connectivity index (χ3v) is 1.56. The van der Waals surface area contributed by atoms with Crippen LogP contribution in [0.2, 0.25) is 0 Å². The van der Waals surface area contributed by atoms with E-state index >= 15 is 0 Å². The molecular weight excluding hydrogens is 224 g/mol. The topological polar surface area (TPSA) is 124 Å². The number of likely N-dealkylation sites (N-methyl/N-ethyl adjacent to an activating group) is 1. The Morgan fingerprint density at radius 3 is 2.82 bits per heavy atom. The molecule has 0 radical (unpaired) electrons. The maximum Gasteiger partial charge on any atom is 0.305 e. The predicted molar refractivity (Wildman–Crippen MR) is 67.7 cm³/mol. The summed E-state index contributed by atoms with van der Waals surface area (Å²) in [4.78, 5) is 21.9. The molecule has 0 spiro atoms. The van der Waals surface area contributed by atoms with E-state index in [1.165, 1.54) is 6.34 Å². The maximum atomic E-state index is 10.3. The zero-order valence-corrected chi connectivity index (χ0v) is 9.76. The molecule has 5 N–H and O–H groups in total. The van der Waals surface area contributed by atoms with Gasteiger partial charge in [-0.05, 0) is 7.05 Å². The number of guanidine groups is 1. The average molecular weight is 242 g/mol. The van der Waals surface area contributed by atoms with Crippen molar-refractivity contribution in [2.24, 2.45) is 20.7 Å². The molecule has 0 atom stereocenters. The molecule has 96 valence electrons. The molecule has 0 aliphatic heterocycles. The first kappa shape index (κ1) is 15.0. The van der Waals surface area contributed by atoms with E-state index in [4.69, 9.17) is 10.8 Å². The number of carbonyl (C=O) groups is 1. The van der Waals surface area contributed by atoms with Crippen LogP contribution < -0.4 is 16.4 Å². The SMILES string of the molecule is CNCCN=CNC(=NCCC(=O)O)/N=C\N. The highest BCUT2D eigenvalue weighted by Gasteiger charge is 1.96. The monoisotopic (exact) mass is 242 g/mol. The van der Waals surface area contributed by atoms with Gasteiger partial charge in [0.05, 0.1) is 32.2 Å². The van der Waals surface area contributed by atoms with E-state index in [2.05, 4.69) is 25.6 Å². The number of nitrogens with one attached hydrogen (secondary N) is 2. The highest BCUT2D eigenvalue weighted by Crippen LogP contribution is 1.83. The molecule has 0 aromatic carbocycles. The van der Waals surface area contributed by atoms with Gasteiger partial charge in [-0.3, -0.25) is 14.8 Å². The summed E-state index contributed by atoms with van der Waals surface area (Å²) < 4.78 is 0. The van der Waals surface area contributed by atoms with Crippen LogP contribution in [0.15, 0.2) is 15.0 Å². The van der Waals surface area contributed by atoms with Crippen molar-refractivity contribution in [3.8, 4) is 0 Å². The molecule has 17 heavy (non-hydrogen) atoms. The van der Waals surface area contributed by atoms with Crippen molar-refractivity contribution in [1.82, 2.24) is 10.6 Å². The van der Waals surface area contributed by atoms with Gasteiger partial charge < -0.3 is 21.5 Å². The Morgan fingerprint density at radius 1 is 1.47 bits per heavy atom. The fourth-order valence-corrected chi connectivity index (χ4v) is 0.796. The summed E-state index contributed by atoms with van der Waals surface area (Å²) in [6.07, 6.45) is 2.47. The molecular formula is C9H18N6O2. The van der Waals surface area contributed by atoms with Gasteiger partial charge in [-0.15, -0.1) is 0 Å². The van der Waals surface area contributed by atoms with Crippen LogP contribution >= 0.6 is 0 Å². The van der Waals surface area contributed by atoms with Gasteiger partial charge in [-0.1, -0.05) is 0 Å². The summed E-state index contributed by atoms with van der Waals surface area (Å²) in [6.45, 7) is 1.53. The Morgan fingerprint density at radius 2 is 2.24 bits per heavy atom. The number of rotatable bonds is 7. The second kappa shape index (κ2) is 10.6. The third-order valence-electron chi connectivity index (χ3n) is 1.56. The number of aliphatic imine (C=N–C) groups is 3. The van der Waals surface area contributed by atoms with Crippen molar-refractivity contribution in [1.29, 1.82) is 0 Å². The lowest BCUT2D eigenvalue weighted by molar-refractivity contribution is -0.136. The van der Waals surface area contributed by atoms with Crippen LogP contribution in [-0.2, 0) is 4.79 Å². The summed E-state index contributed by atoms with van der Waals surface area (Å²) >= 11 is 0. The van der Waals surface area contributed by atoms with Crippen molar-refractivity contribution in [3.63, 3.8) is 0 Å². The fourth-order valence-electron chi connectivity index (χ4n) is 0.796. The Balaban J connectivity index is 4.05. The third kappa shape index (κ3) is 10.3. The lowest BCUT2D eigenvalue weighted by atomic mass is 10.4. The van der Waals surface area contributed by atoms with Gasteiger partial charge in [0.15, 0.2) is 0 Å². The van der Waals surface area contributed by atoms with E-state index in [0.717, 1.165) is 12.9 Å². The minimum atomic E-state index is -0.910. The smallest absolute Gasteiger partial charge is 0.305 e. The number of carboxylic acid groups (broad SMARTS) is 1. The van der Waals surface area contributed by atoms with E-state index in [1.54, 1.807) is 0 Å². The summed E-state index contributed by atoms with van der Waals surface area (Å²) in [5.74, 6) is -0.672. The minimum Gasteiger partial charge on any atom is -0.481 e. The van der Waals surface area contributed by atoms with E-state index < -0.39 is 5.97 Å². The van der Waals surface area contributed by atoms with Gasteiger partial charge >= 0.3 is 5.97 Å². The molecule has 0 aliphatic carbocycles. The van der Waals surface area contributed by atoms with E-state index in [-0.39, 0.29) is 18.9 Å². The standard InChI is InChI=1S/C9H18N6O2/c1-11-4-5-12-7-15-9(14-6-10)13-3-2-8(16)17/h6-7,11H,2-5H2,1H3,(H,16,17)(H3,10,12,13,14,15). The molecule has 0 heterocycles. The molecule has 0 bridgehead atoms. The first-order valence-electron chi connectivity index (χ1n) is 5.10. The zero-order chi connectivity index (χ0) is 12.9. The number of hydrogen-bond donors (Lipinski definition) is 4. The summed E-state index contributed by atoms with van der Waals surface area (Å²) in [5.41, 5.74) is 5.13. The fraction of sp³-hybridized carbons (Fsp3) is 0.556. The van der Waals surface area contributed by atoms with Gasteiger partial charge in [0, 0.05) is 6.54 Å². The summed E-state index contributed by atoms with van der Waals surface area (Å²) in [6, 6.07) is 0. The molecule has 0 aliphatic rings. The zero-order valence-electron chi connectivity index (χ0n) is 9.76. The van der Waals surface area contributed by atoms with Gasteiger partial charge in [0.1, 0.15) is 0 Å². The molecule has 0 aromatic heterocycles. The minimum absolute atomic E-state index is 0.0534. The van der Waals surface area contributed by atoms with Gasteiger partial charge in [0.2, 0.25) is 5.96 Å². The second-order valence-corrected chi connectivity index (χ2v) is 2.91. The molecule has 0 fully saturated rings. The lowest BCUT2D eigenvalue weighted by Crippen LogP contribution is -2.22. The molecule has 0 unspecified atom stereocenters. The van der Waals surface area contributed by atoms with Crippen LogP contribution in [0.5, 0.6) is 0 Å². The van der Waals surface area contributed by atoms with Crippen LogP contribution in [0.3, 0.4) is 0 Å². The van der Waals surface area contributed by atoms with Gasteiger partial charge in [-0.25, -0.2) is 4.99 Å². The first-order valence-corrected chi connectivity index (χ1v) is 5.10. The first-order chi connectivity index (χ1) is 8.20. The largest absolute Gasteiger partial charge is 0.481 e. The van der Waals surface area contributed by atoms with Crippen LogP contribution in [0.1, 0.15) is 6.42 Å². The lowest BCUT2D eigenvalue weighted by Gasteiger charge is -1.99. The summed E-state index contributed by atoms with van der Waals surface area (Å²) in [7, 11) is 1.83. The Labute approximate surface area is 99.7 Å². The van der Waals surface area contributed by atoms with Crippen molar-refractivity contribution >= 4 is 24.6 Å². The van der Waals surface area contributed by atoms with E-state index in [0.29, 0.717) is 6.54 Å². The molecule has 0 saturated heterocycles. The second-order valence-electron chi connectivity index (χ2n) is 2.91. The van der Waals surface area contributed by atoms with E-state index in [1.807, 2.05) is 7.05 Å². The average Bonchev–Trinajstić information content (AvgIpc) is 2.28. The molecule has 8 nitrogen and oxygen atoms in total. The summed E-state index contributed by atoms with van der Waals surface area (Å²) in [5, 5.41) is 14.1. The van der Waals surface area contributed by atoms with Gasteiger partial charge in [-0.2, -0.15) is 0 Å². The van der Waals surface area contributed by atoms with Crippen molar-refractivity contribution < 1.29 is 9.90 Å². The van der Waals surface area contributed by atoms with Crippen molar-refractivity contribution in [2.45, 2.75) is 6.42 Å². The number of aliphatic carboxylic acids is 1. The molecule has 0 aromatic rings. The molecule has 8 heteroatoms. The van der Waals surface area contributed by atoms with Crippen LogP contribution in [-0.4, -0.2) is 56.4 Å². The molecule has 0 amide bonds. The van der Waals surface area contributed by atoms with Crippen LogP contribution in [0, 0.1) is 0 Å². The van der Waals surface area contributed by atoms with Crippen LogP contribution in [0.25, 0.3) is 0 Å². The van der Waals surface area contributed by atoms with Crippen molar-refractivity contribution in [3.05, 3.63) is 0 Å². The normalized spacial score (nSPS) is 12.4. The predicted octanol–water partition coefficient (Wildman–Crippen LogP) is -1.36. The number of nitrogens with zero attached hydrogens (tertiary/aromatic N) is 3. The van der Waals surface area contributed by atoms with Crippen LogP contribution in [0.4, 0.5) is 0 Å². The van der Waals surface area contributed by atoms with Crippen molar-refractivity contribution in [2.75, 3.05) is 26.7 Å². The maximum absolute atomic E-state index is 10.3. The Bertz CT molecular complexity index is 300. The Kier molecular flexibility index (Phi) is 9.34. The molecule has 0 rings (SSSR count). The van der Waals surface area contributed by atoms with Gasteiger partial charge in [0.25, 0.3) is 0 Å². The van der Waals surface area contributed by atoms with E-state index in [9.17, 15) is 4.79 Å². The number of hydrogen-bond acceptors (Lipinski definition) is 4. The number of carboxylic acids is 1. The highest BCUT2D eigenvalue weighted by atomic mass is 16.4. The number of nitrogens with two attached hydrogens (primary N) is 1. The quantitative estimate of drug-likeness (QED) is 0.249.